The van der Waals surface area contributed by atoms with E-state index in [4.69, 9.17) is 0 Å². The summed E-state index contributed by atoms with van der Waals surface area (Å²) < 4.78 is 0. The zero-order valence-electron chi connectivity index (χ0n) is 20.7. The Kier molecular flexibility index (Phi) is 8.52. The first-order chi connectivity index (χ1) is 15.3. The summed E-state index contributed by atoms with van der Waals surface area (Å²) in [6.07, 6.45) is 8.84. The van der Waals surface area contributed by atoms with E-state index in [0.717, 1.165) is 49.9 Å². The Morgan fingerprint density at radius 1 is 0.938 bits per heavy atom. The molecular formula is C27H41N3O2. The molecule has 2 amide bonds. The van der Waals surface area contributed by atoms with Crippen LogP contribution in [0.5, 0.6) is 0 Å². The van der Waals surface area contributed by atoms with Crippen molar-refractivity contribution in [2.75, 3.05) is 33.7 Å². The van der Waals surface area contributed by atoms with Gasteiger partial charge < -0.3 is 9.80 Å². The number of likely N-dealkylation sites (N-methyl/N-ethyl adjacent to an activating group) is 1. The highest BCUT2D eigenvalue weighted by atomic mass is 16.2. The third-order valence-corrected chi connectivity index (χ3v) is 7.26. The van der Waals surface area contributed by atoms with Crippen molar-refractivity contribution in [1.29, 1.82) is 0 Å². The summed E-state index contributed by atoms with van der Waals surface area (Å²) in [7, 11) is 4.15. The van der Waals surface area contributed by atoms with Gasteiger partial charge in [-0.25, -0.2) is 0 Å². The molecule has 5 heteroatoms. The van der Waals surface area contributed by atoms with Gasteiger partial charge in [0.2, 0.25) is 0 Å². The van der Waals surface area contributed by atoms with Crippen molar-refractivity contribution in [2.45, 2.75) is 78.2 Å². The summed E-state index contributed by atoms with van der Waals surface area (Å²) >= 11 is 0. The minimum Gasteiger partial charge on any atom is -0.366 e. The molecule has 176 valence electrons. The Labute approximate surface area is 194 Å². The van der Waals surface area contributed by atoms with Gasteiger partial charge in [0.25, 0.3) is 11.8 Å². The number of benzene rings is 1. The molecule has 0 aromatic heterocycles. The monoisotopic (exact) mass is 439 g/mol. The molecule has 2 aliphatic heterocycles. The van der Waals surface area contributed by atoms with Crippen molar-refractivity contribution >= 4 is 17.4 Å². The Hall–Kier alpha value is -2.14. The quantitative estimate of drug-likeness (QED) is 0.389. The lowest BCUT2D eigenvalue weighted by molar-refractivity contribution is -0.137. The molecule has 0 aliphatic carbocycles. The van der Waals surface area contributed by atoms with Crippen LogP contribution in [0.25, 0.3) is 5.57 Å². The molecule has 3 rings (SSSR count). The standard InChI is InChI=1S/C27H41N3O2/c1-6-7-8-9-10-11-16-30-26(31)24(22-13-12-20(2)21(3)19-22)25(27(30)32)29(5)23-14-17-28(4)18-15-23/h12-13,19,23H,6-11,14-18H2,1-5H3. The number of imide groups is 1. The van der Waals surface area contributed by atoms with Gasteiger partial charge in [0.05, 0.1) is 5.57 Å². The smallest absolute Gasteiger partial charge is 0.277 e. The normalized spacial score (nSPS) is 18.2. The van der Waals surface area contributed by atoms with Gasteiger partial charge in [-0.3, -0.25) is 14.5 Å². The number of amides is 2. The van der Waals surface area contributed by atoms with Crippen LogP contribution in [-0.4, -0.2) is 66.3 Å². The van der Waals surface area contributed by atoms with Gasteiger partial charge in [0, 0.05) is 19.6 Å². The van der Waals surface area contributed by atoms with Crippen LogP contribution in [0.4, 0.5) is 0 Å². The van der Waals surface area contributed by atoms with Crippen LogP contribution >= 0.6 is 0 Å². The van der Waals surface area contributed by atoms with Gasteiger partial charge in [-0.1, -0.05) is 57.2 Å². The number of carbonyl (C=O) groups is 2. The average Bonchev–Trinajstić information content (AvgIpc) is 3.02. The molecule has 0 N–H and O–H groups in total. The molecule has 0 saturated carbocycles. The molecule has 2 heterocycles. The van der Waals surface area contributed by atoms with Crippen LogP contribution in [0.2, 0.25) is 0 Å². The molecule has 5 nitrogen and oxygen atoms in total. The van der Waals surface area contributed by atoms with Crippen molar-refractivity contribution in [3.63, 3.8) is 0 Å². The summed E-state index contributed by atoms with van der Waals surface area (Å²) in [6, 6.07) is 6.40. The number of carbonyl (C=O) groups excluding carboxylic acids is 2. The molecule has 1 fully saturated rings. The van der Waals surface area contributed by atoms with Gasteiger partial charge in [-0.15, -0.1) is 0 Å². The predicted octanol–water partition coefficient (Wildman–Crippen LogP) is 4.77. The number of unbranched alkanes of at least 4 members (excludes halogenated alkanes) is 5. The van der Waals surface area contributed by atoms with E-state index < -0.39 is 0 Å². The minimum atomic E-state index is -0.124. The molecule has 32 heavy (non-hydrogen) atoms. The van der Waals surface area contributed by atoms with Crippen LogP contribution < -0.4 is 0 Å². The first-order valence-electron chi connectivity index (χ1n) is 12.4. The Balaban J connectivity index is 1.84. The predicted molar refractivity (Wildman–Crippen MR) is 131 cm³/mol. The summed E-state index contributed by atoms with van der Waals surface area (Å²) in [5.41, 5.74) is 4.39. The van der Waals surface area contributed by atoms with Crippen molar-refractivity contribution in [1.82, 2.24) is 14.7 Å². The number of piperidine rings is 1. The zero-order chi connectivity index (χ0) is 23.3. The Morgan fingerprint density at radius 3 is 2.25 bits per heavy atom. The third-order valence-electron chi connectivity index (χ3n) is 7.26. The number of nitrogens with zero attached hydrogens (tertiary/aromatic N) is 3. The first-order valence-corrected chi connectivity index (χ1v) is 12.4. The maximum absolute atomic E-state index is 13.6. The fourth-order valence-corrected chi connectivity index (χ4v) is 4.87. The van der Waals surface area contributed by atoms with Crippen LogP contribution in [0, 0.1) is 13.8 Å². The lowest BCUT2D eigenvalue weighted by Crippen LogP contribution is -2.43. The van der Waals surface area contributed by atoms with Gasteiger partial charge >= 0.3 is 0 Å². The largest absolute Gasteiger partial charge is 0.366 e. The number of hydrogen-bond acceptors (Lipinski definition) is 4. The molecule has 1 saturated heterocycles. The van der Waals surface area contributed by atoms with Crippen LogP contribution in [0.15, 0.2) is 23.9 Å². The maximum atomic E-state index is 13.6. The highest BCUT2D eigenvalue weighted by Gasteiger charge is 2.42. The van der Waals surface area contributed by atoms with E-state index >= 15 is 0 Å². The molecular weight excluding hydrogens is 398 g/mol. The number of hydrogen-bond donors (Lipinski definition) is 0. The summed E-state index contributed by atoms with van der Waals surface area (Å²) in [5, 5.41) is 0. The molecule has 0 unspecified atom stereocenters. The fraction of sp³-hybridized carbons (Fsp3) is 0.630. The lowest BCUT2D eigenvalue weighted by Gasteiger charge is -2.36. The summed E-state index contributed by atoms with van der Waals surface area (Å²) in [5.74, 6) is -0.236. The topological polar surface area (TPSA) is 43.9 Å². The second-order valence-electron chi connectivity index (χ2n) is 9.70. The number of aryl methyl sites for hydroxylation is 2. The molecule has 2 aliphatic rings. The molecule has 0 radical (unpaired) electrons. The van der Waals surface area contributed by atoms with Crippen molar-refractivity contribution in [3.8, 4) is 0 Å². The molecule has 0 atom stereocenters. The third kappa shape index (κ3) is 5.43. The van der Waals surface area contributed by atoms with Crippen molar-refractivity contribution < 1.29 is 9.59 Å². The Morgan fingerprint density at radius 2 is 1.59 bits per heavy atom. The van der Waals surface area contributed by atoms with E-state index in [1.807, 2.05) is 13.1 Å². The lowest BCUT2D eigenvalue weighted by atomic mass is 9.97. The van der Waals surface area contributed by atoms with Crippen LogP contribution in [-0.2, 0) is 9.59 Å². The van der Waals surface area contributed by atoms with Crippen LogP contribution in [0.3, 0.4) is 0 Å². The van der Waals surface area contributed by atoms with E-state index in [9.17, 15) is 9.59 Å². The van der Waals surface area contributed by atoms with Gasteiger partial charge in [-0.05, 0) is 69.9 Å². The maximum Gasteiger partial charge on any atom is 0.277 e. The van der Waals surface area contributed by atoms with E-state index in [-0.39, 0.29) is 17.9 Å². The highest BCUT2D eigenvalue weighted by Crippen LogP contribution is 2.34. The average molecular weight is 440 g/mol. The van der Waals surface area contributed by atoms with Crippen LogP contribution in [0.1, 0.15) is 75.0 Å². The second-order valence-corrected chi connectivity index (χ2v) is 9.70. The number of likely N-dealkylation sites (tertiary alicyclic amines) is 1. The molecule has 0 spiro atoms. The highest BCUT2D eigenvalue weighted by molar-refractivity contribution is 6.35. The summed E-state index contributed by atoms with van der Waals surface area (Å²) in [4.78, 5) is 33.0. The second kappa shape index (κ2) is 11.1. The van der Waals surface area contributed by atoms with E-state index in [0.29, 0.717) is 17.8 Å². The van der Waals surface area contributed by atoms with E-state index in [1.165, 1.54) is 36.1 Å². The van der Waals surface area contributed by atoms with Crippen molar-refractivity contribution in [2.24, 2.45) is 0 Å². The number of rotatable bonds is 10. The SMILES string of the molecule is CCCCCCCCN1C(=O)C(c2ccc(C)c(C)c2)=C(N(C)C2CCN(C)CC2)C1=O. The van der Waals surface area contributed by atoms with E-state index in [2.05, 4.69) is 49.8 Å². The van der Waals surface area contributed by atoms with Crippen molar-refractivity contribution in [3.05, 3.63) is 40.6 Å². The Bertz CT molecular complexity index is 852. The van der Waals surface area contributed by atoms with Gasteiger partial charge in [0.1, 0.15) is 5.70 Å². The molecule has 1 aromatic rings. The first kappa shape index (κ1) is 24.5. The minimum absolute atomic E-state index is 0.113. The summed E-state index contributed by atoms with van der Waals surface area (Å²) in [6.45, 7) is 8.91. The fourth-order valence-electron chi connectivity index (χ4n) is 4.87. The van der Waals surface area contributed by atoms with Gasteiger partial charge in [0.15, 0.2) is 0 Å². The molecule has 1 aromatic carbocycles. The van der Waals surface area contributed by atoms with E-state index in [1.54, 1.807) is 0 Å². The van der Waals surface area contributed by atoms with Gasteiger partial charge in [-0.2, -0.15) is 0 Å². The molecule has 0 bridgehead atoms. The zero-order valence-corrected chi connectivity index (χ0v) is 20.7.